The van der Waals surface area contributed by atoms with Crippen LogP contribution in [0.1, 0.15) is 11.9 Å². The highest BCUT2D eigenvalue weighted by molar-refractivity contribution is 6.16. The van der Waals surface area contributed by atoms with Gasteiger partial charge in [0.1, 0.15) is 24.6 Å². The lowest BCUT2D eigenvalue weighted by atomic mass is 10.1. The largest absolute Gasteiger partial charge is 0.394 e. The smallest absolute Gasteiger partial charge is 0.273 e. The van der Waals surface area contributed by atoms with Crippen LogP contribution in [0.4, 0.5) is 0 Å². The van der Waals surface area contributed by atoms with Crippen LogP contribution in [0, 0.1) is 0 Å². The first-order chi connectivity index (χ1) is 12.0. The van der Waals surface area contributed by atoms with Gasteiger partial charge in [-0.2, -0.15) is 4.98 Å². The number of alkyl halides is 1. The number of halogens is 1. The van der Waals surface area contributed by atoms with Crippen LogP contribution in [-0.4, -0.2) is 64.2 Å². The molecule has 3 N–H and O–H groups in total. The molecular weight excluding hydrogens is 354 g/mol. The van der Waals surface area contributed by atoms with Crippen molar-refractivity contribution >= 4 is 28.4 Å². The van der Waals surface area contributed by atoms with E-state index in [2.05, 4.69) is 15.0 Å². The fourth-order valence-corrected chi connectivity index (χ4v) is 3.19. The van der Waals surface area contributed by atoms with Gasteiger partial charge >= 0.3 is 0 Å². The molecule has 0 spiro atoms. The number of fused-ring (bicyclic) bond motifs is 3. The monoisotopic (exact) mass is 367 g/mol. The first-order valence-corrected chi connectivity index (χ1v) is 8.01. The van der Waals surface area contributed by atoms with E-state index in [0.29, 0.717) is 16.9 Å². The molecule has 1 fully saturated rings. The lowest BCUT2D eigenvalue weighted by molar-refractivity contribution is -0.0511. The number of hydrogen-bond donors (Lipinski definition) is 3. The fourth-order valence-electron chi connectivity index (χ4n) is 2.99. The van der Waals surface area contributed by atoms with Crippen molar-refractivity contribution < 1.29 is 20.1 Å². The summed E-state index contributed by atoms with van der Waals surface area (Å²) < 4.78 is 8.48. The number of aromatic nitrogens is 5. The molecule has 0 unspecified atom stereocenters. The molecule has 4 atom stereocenters. The second-order valence-corrected chi connectivity index (χ2v) is 5.98. The van der Waals surface area contributed by atoms with E-state index < -0.39 is 36.7 Å². The highest BCUT2D eigenvalue weighted by Gasteiger charge is 2.44. The number of rotatable bonds is 3. The molecule has 3 aromatic heterocycles. The maximum Gasteiger partial charge on any atom is 0.273 e. The zero-order valence-electron chi connectivity index (χ0n) is 12.7. The Balaban J connectivity index is 1.90. The zero-order valence-corrected chi connectivity index (χ0v) is 13.5. The molecule has 4 heterocycles. The van der Waals surface area contributed by atoms with Crippen LogP contribution in [0.5, 0.6) is 0 Å². The molecule has 25 heavy (non-hydrogen) atoms. The molecule has 0 aromatic carbocycles. The molecule has 132 valence electrons. The molecule has 10 nitrogen and oxygen atoms in total. The molecule has 4 rings (SSSR count). The van der Waals surface area contributed by atoms with E-state index in [1.165, 1.54) is 23.3 Å². The Hall–Kier alpha value is -2.11. The minimum Gasteiger partial charge on any atom is -0.394 e. The molecule has 1 aliphatic heterocycles. The first-order valence-electron chi connectivity index (χ1n) is 7.47. The molecule has 0 radical (unpaired) electrons. The van der Waals surface area contributed by atoms with Gasteiger partial charge in [-0.3, -0.25) is 13.8 Å². The second-order valence-electron chi connectivity index (χ2n) is 5.71. The van der Waals surface area contributed by atoms with E-state index in [9.17, 15) is 20.1 Å². The summed E-state index contributed by atoms with van der Waals surface area (Å²) in [6.07, 6.45) is -1.58. The summed E-state index contributed by atoms with van der Waals surface area (Å²) >= 11 is 5.86. The van der Waals surface area contributed by atoms with Crippen molar-refractivity contribution in [1.29, 1.82) is 0 Å². The summed E-state index contributed by atoms with van der Waals surface area (Å²) in [5, 5.41) is 29.3. The van der Waals surface area contributed by atoms with Gasteiger partial charge in [-0.15, -0.1) is 11.6 Å². The molecule has 11 heteroatoms. The number of hydrogen-bond acceptors (Lipinski definition) is 8. The summed E-state index contributed by atoms with van der Waals surface area (Å²) in [4.78, 5) is 24.2. The quantitative estimate of drug-likeness (QED) is 0.491. The Kier molecular flexibility index (Phi) is 3.93. The van der Waals surface area contributed by atoms with E-state index in [0.717, 1.165) is 0 Å². The average molecular weight is 368 g/mol. The van der Waals surface area contributed by atoms with Gasteiger partial charge < -0.3 is 20.1 Å². The maximum absolute atomic E-state index is 11.8. The molecule has 0 amide bonds. The summed E-state index contributed by atoms with van der Waals surface area (Å²) in [5.74, 6) is 0.0989. The molecule has 0 saturated carbocycles. The standard InChI is InChI=1S/C14H14ClN5O5/c15-2-6-1-8(22)18-13-9-12(17-5-19(6)13)20(4-16-9)14-11(24)10(23)7(3-21)25-14/h1,4-5,7,10-11,14,21,23-24H,2-3H2/t7-,10+,11+,14+/m0/s1. The van der Waals surface area contributed by atoms with Crippen molar-refractivity contribution in [3.8, 4) is 0 Å². The lowest BCUT2D eigenvalue weighted by Crippen LogP contribution is -2.33. The van der Waals surface area contributed by atoms with Crippen molar-refractivity contribution in [2.45, 2.75) is 30.4 Å². The van der Waals surface area contributed by atoms with Gasteiger partial charge in [0.15, 0.2) is 23.0 Å². The van der Waals surface area contributed by atoms with Gasteiger partial charge in [0.05, 0.1) is 18.8 Å². The minimum absolute atomic E-state index is 0.0989. The van der Waals surface area contributed by atoms with Gasteiger partial charge in [0.2, 0.25) is 0 Å². The van der Waals surface area contributed by atoms with Crippen molar-refractivity contribution in [1.82, 2.24) is 23.9 Å². The van der Waals surface area contributed by atoms with Crippen LogP contribution < -0.4 is 5.56 Å². The number of ether oxygens (including phenoxy) is 1. The van der Waals surface area contributed by atoms with E-state index >= 15 is 0 Å². The maximum atomic E-state index is 11.8. The average Bonchev–Trinajstić information content (AvgIpc) is 3.16. The van der Waals surface area contributed by atoms with Crippen molar-refractivity contribution in [2.75, 3.05) is 6.61 Å². The fraction of sp³-hybridized carbons (Fsp3) is 0.429. The van der Waals surface area contributed by atoms with Gasteiger partial charge in [-0.05, 0) is 0 Å². The second kappa shape index (κ2) is 6.00. The molecule has 3 aromatic rings. The topological polar surface area (TPSA) is 135 Å². The predicted octanol–water partition coefficient (Wildman–Crippen LogP) is -1.21. The van der Waals surface area contributed by atoms with E-state index in [4.69, 9.17) is 16.3 Å². The van der Waals surface area contributed by atoms with Gasteiger partial charge in [-0.25, -0.2) is 9.97 Å². The highest BCUT2D eigenvalue weighted by Crippen LogP contribution is 2.31. The predicted molar refractivity (Wildman–Crippen MR) is 85.1 cm³/mol. The Morgan fingerprint density at radius 2 is 2.00 bits per heavy atom. The molecule has 0 aliphatic carbocycles. The van der Waals surface area contributed by atoms with E-state index in [-0.39, 0.29) is 11.5 Å². The van der Waals surface area contributed by atoms with Gasteiger partial charge in [0.25, 0.3) is 5.56 Å². The molecule has 0 bridgehead atoms. The Morgan fingerprint density at radius 3 is 2.68 bits per heavy atom. The van der Waals surface area contributed by atoms with Crippen LogP contribution in [0.15, 0.2) is 23.5 Å². The van der Waals surface area contributed by atoms with Crippen LogP contribution in [-0.2, 0) is 10.6 Å². The number of aliphatic hydroxyl groups is 3. The molecule has 1 aliphatic rings. The van der Waals surface area contributed by atoms with E-state index in [1.54, 1.807) is 4.40 Å². The first kappa shape index (κ1) is 16.4. The molecule has 1 saturated heterocycles. The van der Waals surface area contributed by atoms with Crippen LogP contribution >= 0.6 is 11.6 Å². The van der Waals surface area contributed by atoms with E-state index in [1.807, 2.05) is 0 Å². The third kappa shape index (κ3) is 2.41. The normalized spacial score (nSPS) is 26.7. The number of aliphatic hydroxyl groups excluding tert-OH is 3. The SMILES string of the molecule is O=c1cc(CCl)n2cnc3c(ncn3[C@@H]3O[C@@H](CO)[C@@H](O)[C@H]3O)c2n1. The van der Waals surface area contributed by atoms with Crippen LogP contribution in [0.2, 0.25) is 0 Å². The minimum atomic E-state index is -1.27. The number of nitrogens with zero attached hydrogens (tertiary/aromatic N) is 5. The highest BCUT2D eigenvalue weighted by atomic mass is 35.5. The third-order valence-corrected chi connectivity index (χ3v) is 4.52. The van der Waals surface area contributed by atoms with Crippen LogP contribution in [0.3, 0.4) is 0 Å². The number of imidazole rings is 1. The van der Waals surface area contributed by atoms with Gasteiger partial charge in [-0.1, -0.05) is 0 Å². The summed E-state index contributed by atoms with van der Waals surface area (Å²) in [6, 6.07) is 1.32. The zero-order chi connectivity index (χ0) is 17.7. The third-order valence-electron chi connectivity index (χ3n) is 4.25. The van der Waals surface area contributed by atoms with Gasteiger partial charge in [0, 0.05) is 11.8 Å². The van der Waals surface area contributed by atoms with Crippen LogP contribution in [0.25, 0.3) is 16.8 Å². The molecular formula is C14H14ClN5O5. The Morgan fingerprint density at radius 1 is 1.20 bits per heavy atom. The van der Waals surface area contributed by atoms with Crippen molar-refractivity contribution in [2.24, 2.45) is 0 Å². The van der Waals surface area contributed by atoms with Crippen molar-refractivity contribution in [3.05, 3.63) is 34.8 Å². The lowest BCUT2D eigenvalue weighted by Gasteiger charge is -2.16. The Labute approximate surface area is 144 Å². The summed E-state index contributed by atoms with van der Waals surface area (Å²) in [7, 11) is 0. The Bertz CT molecular complexity index is 1000. The van der Waals surface area contributed by atoms with Crippen molar-refractivity contribution in [3.63, 3.8) is 0 Å². The summed E-state index contributed by atoms with van der Waals surface area (Å²) in [5.41, 5.74) is 0.982. The summed E-state index contributed by atoms with van der Waals surface area (Å²) in [6.45, 7) is -0.437.